The van der Waals surface area contributed by atoms with Gasteiger partial charge < -0.3 is 29.2 Å². The van der Waals surface area contributed by atoms with E-state index < -0.39 is 16.0 Å². The third kappa shape index (κ3) is 9.04. The van der Waals surface area contributed by atoms with Gasteiger partial charge in [-0.1, -0.05) is 29.3 Å². The maximum atomic E-state index is 8.36. The van der Waals surface area contributed by atoms with Crippen molar-refractivity contribution >= 4 is 23.2 Å². The van der Waals surface area contributed by atoms with Crippen molar-refractivity contribution in [2.75, 3.05) is 13.2 Å². The van der Waals surface area contributed by atoms with Crippen LogP contribution < -0.4 is 4.74 Å². The Kier molecular flexibility index (Phi) is 10.8. The quantitative estimate of drug-likeness (QED) is 0.224. The number of aromatic nitrogens is 4. The van der Waals surface area contributed by atoms with Crippen LogP contribution in [0.5, 0.6) is 5.75 Å². The topological polar surface area (TPSA) is 190 Å². The summed E-state index contributed by atoms with van der Waals surface area (Å²) < 4.78 is 22.4. The monoisotopic (exact) mass is 610 g/mol. The first-order chi connectivity index (χ1) is 19.5. The molecule has 4 aromatic rings. The second kappa shape index (κ2) is 14.3. The fourth-order valence-electron chi connectivity index (χ4n) is 3.94. The summed E-state index contributed by atoms with van der Waals surface area (Å²) in [4.78, 5) is 20.8. The van der Waals surface area contributed by atoms with Crippen LogP contribution >= 0.6 is 23.2 Å². The molecule has 3 heterocycles. The first-order valence-corrected chi connectivity index (χ1v) is 12.4. The molecule has 0 aliphatic carbocycles. The van der Waals surface area contributed by atoms with Gasteiger partial charge in [-0.3, -0.25) is 4.68 Å². The molecule has 2 unspecified atom stereocenters. The minimum absolute atomic E-state index is 0.281. The lowest BCUT2D eigenvalue weighted by molar-refractivity contribution is -0.742. The van der Waals surface area contributed by atoms with Crippen LogP contribution in [0.25, 0.3) is 11.3 Å². The summed E-state index contributed by atoms with van der Waals surface area (Å²) in [5.41, 5.74) is 2.82. The van der Waals surface area contributed by atoms with E-state index in [1.165, 1.54) is 0 Å². The van der Waals surface area contributed by atoms with Crippen molar-refractivity contribution in [1.29, 1.82) is 0 Å². The van der Waals surface area contributed by atoms with Crippen molar-refractivity contribution in [1.82, 2.24) is 19.3 Å². The molecule has 1 aliphatic rings. The summed E-state index contributed by atoms with van der Waals surface area (Å²) in [6, 6.07) is 15.2. The van der Waals surface area contributed by atoms with Gasteiger partial charge in [0.1, 0.15) is 18.5 Å². The fraction of sp³-hybridized carbons (Fsp3) is 0.250. The van der Waals surface area contributed by atoms with Crippen LogP contribution in [0.2, 0.25) is 10.0 Å². The van der Waals surface area contributed by atoms with E-state index in [0.29, 0.717) is 35.4 Å². The minimum atomic E-state index is -1.50. The maximum Gasteiger partial charge on any atom is 0.291 e. The average molecular weight is 611 g/mol. The Morgan fingerprint density at radius 3 is 2.34 bits per heavy atom. The molecule has 5 rings (SSSR count). The second-order valence-corrected chi connectivity index (χ2v) is 9.16. The number of ether oxygens (including phenoxy) is 3. The van der Waals surface area contributed by atoms with Crippen molar-refractivity contribution in [3.8, 4) is 17.0 Å². The molecule has 0 amide bonds. The van der Waals surface area contributed by atoms with Gasteiger partial charge in [0.15, 0.2) is 0 Å². The number of hydrogen-bond donors (Lipinski definition) is 2. The van der Waals surface area contributed by atoms with Gasteiger partial charge in [-0.05, 0) is 42.5 Å². The molecule has 1 saturated heterocycles. The highest BCUT2D eigenvalue weighted by Crippen LogP contribution is 2.40. The molecule has 0 bridgehead atoms. The Bertz CT molecular complexity index is 1420. The third-order valence-electron chi connectivity index (χ3n) is 5.56. The Morgan fingerprint density at radius 2 is 1.78 bits per heavy atom. The predicted octanol–water partition coefficient (Wildman–Crippen LogP) is 4.24. The second-order valence-electron chi connectivity index (χ2n) is 8.31. The van der Waals surface area contributed by atoms with Crippen LogP contribution in [-0.2, 0) is 28.9 Å². The Morgan fingerprint density at radius 1 is 1.10 bits per heavy atom. The standard InChI is InChI=1S/C24H22Cl2N4O3.2HNO3/c1-29-23(8-9-28-29)17-2-5-19(6-3-17)31-13-20-14-32-24(33-20,15-30-11-10-27-16-30)21-7-4-18(25)12-22(21)26;2*2-1(3)4/h2-12,16,20H,13-15H2,1H3;2*(H,2,3,4). The van der Waals surface area contributed by atoms with E-state index in [1.54, 1.807) is 30.9 Å². The van der Waals surface area contributed by atoms with Crippen molar-refractivity contribution in [3.05, 3.63) is 109 Å². The molecule has 0 radical (unpaired) electrons. The highest BCUT2D eigenvalue weighted by atomic mass is 35.5. The molecule has 41 heavy (non-hydrogen) atoms. The van der Waals surface area contributed by atoms with E-state index in [9.17, 15) is 0 Å². The number of nitrogens with zero attached hydrogens (tertiary/aromatic N) is 6. The van der Waals surface area contributed by atoms with Crippen molar-refractivity contribution < 1.29 is 34.8 Å². The summed E-state index contributed by atoms with van der Waals surface area (Å²) in [7, 11) is 1.92. The number of imidazole rings is 1. The number of hydrogen-bond acceptors (Lipinski definition) is 9. The zero-order valence-corrected chi connectivity index (χ0v) is 22.8. The van der Waals surface area contributed by atoms with E-state index in [2.05, 4.69) is 10.1 Å². The lowest BCUT2D eigenvalue weighted by Crippen LogP contribution is -2.34. The molecule has 15 nitrogen and oxygen atoms in total. The molecule has 17 heteroatoms. The molecule has 0 spiro atoms. The normalized spacial score (nSPS) is 17.5. The van der Waals surface area contributed by atoms with Crippen LogP contribution in [0.4, 0.5) is 0 Å². The average Bonchev–Trinajstić information content (AvgIpc) is 3.65. The summed E-state index contributed by atoms with van der Waals surface area (Å²) in [6.07, 6.45) is 6.77. The zero-order valence-electron chi connectivity index (χ0n) is 21.3. The predicted molar refractivity (Wildman–Crippen MR) is 143 cm³/mol. The van der Waals surface area contributed by atoms with Crippen LogP contribution in [0.3, 0.4) is 0 Å². The highest BCUT2D eigenvalue weighted by molar-refractivity contribution is 6.35. The Labute approximate surface area is 242 Å². The van der Waals surface area contributed by atoms with E-state index in [4.69, 9.17) is 68.1 Å². The first kappa shape index (κ1) is 31.1. The summed E-state index contributed by atoms with van der Waals surface area (Å²) >= 11 is 12.6. The van der Waals surface area contributed by atoms with Gasteiger partial charge >= 0.3 is 0 Å². The number of rotatable bonds is 7. The van der Waals surface area contributed by atoms with E-state index >= 15 is 0 Å². The van der Waals surface area contributed by atoms with Gasteiger partial charge in [0.2, 0.25) is 5.79 Å². The molecular formula is C24H24Cl2N6O9. The summed E-state index contributed by atoms with van der Waals surface area (Å²) in [5, 5.41) is 32.5. The van der Waals surface area contributed by atoms with E-state index in [0.717, 1.165) is 17.0 Å². The van der Waals surface area contributed by atoms with E-state index in [1.807, 2.05) is 58.9 Å². The summed E-state index contributed by atoms with van der Waals surface area (Å²) in [6.45, 7) is 1.09. The molecule has 2 aromatic heterocycles. The van der Waals surface area contributed by atoms with Gasteiger partial charge in [-0.2, -0.15) is 5.10 Å². The summed E-state index contributed by atoms with van der Waals surface area (Å²) in [5.74, 6) is -0.319. The first-order valence-electron chi connectivity index (χ1n) is 11.6. The molecule has 2 atom stereocenters. The minimum Gasteiger partial charge on any atom is -0.491 e. The zero-order chi connectivity index (χ0) is 30.0. The molecular weight excluding hydrogens is 587 g/mol. The molecule has 1 aliphatic heterocycles. The van der Waals surface area contributed by atoms with Crippen LogP contribution in [0.1, 0.15) is 5.56 Å². The molecule has 218 valence electrons. The highest BCUT2D eigenvalue weighted by Gasteiger charge is 2.45. The number of benzene rings is 2. The number of aryl methyl sites for hydroxylation is 1. The number of halogens is 2. The largest absolute Gasteiger partial charge is 0.491 e. The van der Waals surface area contributed by atoms with Crippen molar-refractivity contribution in [2.45, 2.75) is 18.4 Å². The van der Waals surface area contributed by atoms with Gasteiger partial charge in [-0.25, -0.2) is 4.98 Å². The maximum absolute atomic E-state index is 8.36. The van der Waals surface area contributed by atoms with Crippen LogP contribution in [0, 0.1) is 20.2 Å². The SMILES string of the molecule is Cn1nccc1-c1ccc(OCC2COC(Cn3ccnc3)(c3ccc(Cl)cc3Cl)O2)cc1.O=[N+]([O-])O.O=[N+]([O-])O. The van der Waals surface area contributed by atoms with E-state index in [-0.39, 0.29) is 6.10 Å². The third-order valence-corrected chi connectivity index (χ3v) is 6.11. The van der Waals surface area contributed by atoms with Gasteiger partial charge in [0, 0.05) is 41.8 Å². The lowest BCUT2D eigenvalue weighted by Gasteiger charge is -2.30. The smallest absolute Gasteiger partial charge is 0.291 e. The molecule has 0 saturated carbocycles. The molecule has 2 aromatic carbocycles. The van der Waals surface area contributed by atoms with Crippen LogP contribution in [0.15, 0.2) is 73.4 Å². The lowest BCUT2D eigenvalue weighted by atomic mass is 10.1. The van der Waals surface area contributed by atoms with Crippen molar-refractivity contribution in [3.63, 3.8) is 0 Å². The van der Waals surface area contributed by atoms with Gasteiger partial charge in [0.25, 0.3) is 10.2 Å². The fourth-order valence-corrected chi connectivity index (χ4v) is 4.50. The molecule has 1 fully saturated rings. The molecule has 2 N–H and O–H groups in total. The Balaban J connectivity index is 0.000000515. The van der Waals surface area contributed by atoms with Gasteiger partial charge in [0.05, 0.1) is 30.2 Å². The Hall–Kier alpha value is -4.44. The van der Waals surface area contributed by atoms with Gasteiger partial charge in [-0.15, -0.1) is 20.2 Å². The van der Waals surface area contributed by atoms with Crippen molar-refractivity contribution in [2.24, 2.45) is 7.05 Å². The van der Waals surface area contributed by atoms with Crippen LogP contribution in [-0.4, -0.2) is 59.2 Å².